The van der Waals surface area contributed by atoms with E-state index in [2.05, 4.69) is 10.1 Å². The third kappa shape index (κ3) is 5.37. The van der Waals surface area contributed by atoms with E-state index in [9.17, 15) is 31.1 Å². The zero-order chi connectivity index (χ0) is 27.8. The maximum absolute atomic E-state index is 14.5. The van der Waals surface area contributed by atoms with Gasteiger partial charge in [0.05, 0.1) is 23.5 Å². The van der Waals surface area contributed by atoms with E-state index >= 15 is 0 Å². The Morgan fingerprint density at radius 2 is 1.97 bits per heavy atom. The molecule has 7 nitrogen and oxygen atoms in total. The summed E-state index contributed by atoms with van der Waals surface area (Å²) in [4.78, 5) is 17.3. The first-order valence-electron chi connectivity index (χ1n) is 11.5. The molecule has 2 aromatic heterocycles. The molecule has 13 heteroatoms. The summed E-state index contributed by atoms with van der Waals surface area (Å²) in [5.41, 5.74) is 3.29. The zero-order valence-corrected chi connectivity index (χ0v) is 20.1. The van der Waals surface area contributed by atoms with Gasteiger partial charge in [-0.05, 0) is 60.6 Å². The highest BCUT2D eigenvalue weighted by Crippen LogP contribution is 2.34. The first-order chi connectivity index (χ1) is 17.9. The van der Waals surface area contributed by atoms with Crippen molar-refractivity contribution in [2.24, 2.45) is 11.6 Å². The Labute approximate surface area is 213 Å². The van der Waals surface area contributed by atoms with Crippen molar-refractivity contribution in [1.82, 2.24) is 19.8 Å². The van der Waals surface area contributed by atoms with Gasteiger partial charge < -0.3 is 10.7 Å². The standard InChI is InChI=1S/C25H24F6N6O/c1-36(33)22(23(27)28)21(32)19-11-16(14-8-7-13-4-2-6-18(26)15(13)10-14)24(38)37(35-19)12-20-17(25(29,30)31)5-3-9-34-20/h2-6,9,11,14,23H,7-8,10,12,32-33H2,1H3/b22-21-. The summed E-state index contributed by atoms with van der Waals surface area (Å²) in [6.07, 6.45) is -5.77. The minimum absolute atomic E-state index is 0.0598. The second-order valence-corrected chi connectivity index (χ2v) is 8.97. The van der Waals surface area contributed by atoms with Gasteiger partial charge in [-0.2, -0.15) is 18.3 Å². The van der Waals surface area contributed by atoms with Crippen LogP contribution in [-0.4, -0.2) is 33.2 Å². The second kappa shape index (κ2) is 10.5. The van der Waals surface area contributed by atoms with Gasteiger partial charge in [0.25, 0.3) is 12.0 Å². The predicted octanol–water partition coefficient (Wildman–Crippen LogP) is 3.81. The van der Waals surface area contributed by atoms with E-state index in [0.29, 0.717) is 28.1 Å². The molecule has 0 bridgehead atoms. The van der Waals surface area contributed by atoms with Crippen LogP contribution in [0, 0.1) is 5.82 Å². The number of nitrogens with zero attached hydrogens (tertiary/aromatic N) is 4. The first-order valence-corrected chi connectivity index (χ1v) is 11.5. The van der Waals surface area contributed by atoms with E-state index in [1.54, 1.807) is 12.1 Å². The molecule has 0 aliphatic heterocycles. The van der Waals surface area contributed by atoms with E-state index < -0.39 is 59.1 Å². The average molecular weight is 538 g/mol. The largest absolute Gasteiger partial charge is 0.418 e. The fourth-order valence-electron chi connectivity index (χ4n) is 4.66. The highest BCUT2D eigenvalue weighted by molar-refractivity contribution is 5.63. The molecule has 1 aliphatic carbocycles. The number of aryl methyl sites for hydroxylation is 1. The molecular weight excluding hydrogens is 514 g/mol. The molecule has 0 saturated heterocycles. The van der Waals surface area contributed by atoms with Gasteiger partial charge in [0, 0.05) is 18.8 Å². The lowest BCUT2D eigenvalue weighted by molar-refractivity contribution is -0.138. The molecule has 3 aromatic rings. The fraction of sp³-hybridized carbons (Fsp3) is 0.320. The molecule has 0 radical (unpaired) electrons. The first kappa shape index (κ1) is 27.2. The Morgan fingerprint density at radius 1 is 1.24 bits per heavy atom. The maximum atomic E-state index is 14.5. The molecule has 4 N–H and O–H groups in total. The van der Waals surface area contributed by atoms with Crippen LogP contribution in [0.25, 0.3) is 5.70 Å². The van der Waals surface area contributed by atoms with Gasteiger partial charge in [0.1, 0.15) is 17.2 Å². The highest BCUT2D eigenvalue weighted by atomic mass is 19.4. The number of hydrazine groups is 1. The summed E-state index contributed by atoms with van der Waals surface area (Å²) in [6.45, 7) is -0.706. The molecule has 4 rings (SSSR count). The quantitative estimate of drug-likeness (QED) is 0.281. The van der Waals surface area contributed by atoms with E-state index in [1.807, 2.05) is 0 Å². The van der Waals surface area contributed by atoms with Crippen molar-refractivity contribution in [3.63, 3.8) is 0 Å². The van der Waals surface area contributed by atoms with Crippen molar-refractivity contribution in [3.8, 4) is 0 Å². The van der Waals surface area contributed by atoms with Crippen LogP contribution >= 0.6 is 0 Å². The van der Waals surface area contributed by atoms with E-state index in [0.717, 1.165) is 30.9 Å². The summed E-state index contributed by atoms with van der Waals surface area (Å²) < 4.78 is 83.4. The van der Waals surface area contributed by atoms with Crippen molar-refractivity contribution in [1.29, 1.82) is 0 Å². The number of benzene rings is 1. The normalized spacial score (nSPS) is 16.3. The van der Waals surface area contributed by atoms with E-state index in [-0.39, 0.29) is 17.7 Å². The predicted molar refractivity (Wildman–Crippen MR) is 127 cm³/mol. The molecule has 0 amide bonds. The molecule has 1 atom stereocenters. The second-order valence-electron chi connectivity index (χ2n) is 8.97. The van der Waals surface area contributed by atoms with Crippen LogP contribution in [0.15, 0.2) is 53.1 Å². The Kier molecular flexibility index (Phi) is 7.49. The molecule has 202 valence electrons. The minimum Gasteiger partial charge on any atom is -0.395 e. The molecule has 1 aliphatic rings. The van der Waals surface area contributed by atoms with Gasteiger partial charge in [0.15, 0.2) is 0 Å². The van der Waals surface area contributed by atoms with Crippen LogP contribution in [0.4, 0.5) is 26.3 Å². The molecule has 0 fully saturated rings. The Balaban J connectivity index is 1.89. The minimum atomic E-state index is -4.76. The fourth-order valence-corrected chi connectivity index (χ4v) is 4.66. The van der Waals surface area contributed by atoms with Gasteiger partial charge in [-0.3, -0.25) is 9.78 Å². The van der Waals surface area contributed by atoms with Crippen molar-refractivity contribution in [2.45, 2.75) is 44.3 Å². The summed E-state index contributed by atoms with van der Waals surface area (Å²) in [5, 5.41) is 4.62. The molecule has 38 heavy (non-hydrogen) atoms. The van der Waals surface area contributed by atoms with Crippen LogP contribution in [0.2, 0.25) is 0 Å². The number of hydrogen-bond acceptors (Lipinski definition) is 6. The van der Waals surface area contributed by atoms with Crippen molar-refractivity contribution in [3.05, 3.63) is 98.1 Å². The van der Waals surface area contributed by atoms with Gasteiger partial charge in [0.2, 0.25) is 0 Å². The highest BCUT2D eigenvalue weighted by Gasteiger charge is 2.34. The van der Waals surface area contributed by atoms with Crippen molar-refractivity contribution >= 4 is 5.70 Å². The number of allylic oxidation sites excluding steroid dienone is 1. The topological polar surface area (TPSA) is 103 Å². The van der Waals surface area contributed by atoms with Crippen LogP contribution < -0.4 is 17.1 Å². The number of pyridine rings is 1. The summed E-state index contributed by atoms with van der Waals surface area (Å²) >= 11 is 0. The third-order valence-electron chi connectivity index (χ3n) is 6.50. The molecule has 0 spiro atoms. The van der Waals surface area contributed by atoms with Crippen LogP contribution in [0.3, 0.4) is 0 Å². The molecular formula is C25H24F6N6O. The van der Waals surface area contributed by atoms with Crippen LogP contribution in [-0.2, 0) is 25.6 Å². The van der Waals surface area contributed by atoms with Crippen molar-refractivity contribution in [2.75, 3.05) is 7.05 Å². The number of rotatable bonds is 6. The number of aromatic nitrogens is 3. The smallest absolute Gasteiger partial charge is 0.395 e. The number of nitrogens with two attached hydrogens (primary N) is 2. The number of hydrogen-bond donors (Lipinski definition) is 2. The monoisotopic (exact) mass is 538 g/mol. The molecule has 1 aromatic carbocycles. The Hall–Kier alpha value is -3.87. The number of halogens is 6. The zero-order valence-electron chi connectivity index (χ0n) is 20.1. The molecule has 2 heterocycles. The summed E-state index contributed by atoms with van der Waals surface area (Å²) in [7, 11) is 1.13. The SMILES string of the molecule is CN(N)/C(=C(\N)c1cc(C2CCc3cccc(F)c3C2)c(=O)n(Cc2ncccc2C(F)(F)F)n1)C(F)F. The van der Waals surface area contributed by atoms with Gasteiger partial charge in [-0.1, -0.05) is 12.1 Å². The van der Waals surface area contributed by atoms with E-state index in [1.165, 1.54) is 12.1 Å². The van der Waals surface area contributed by atoms with Gasteiger partial charge >= 0.3 is 6.18 Å². The number of fused-ring (bicyclic) bond motifs is 1. The molecule has 0 saturated carbocycles. The lowest BCUT2D eigenvalue weighted by Gasteiger charge is -2.26. The lowest BCUT2D eigenvalue weighted by atomic mass is 9.80. The molecule has 1 unspecified atom stereocenters. The van der Waals surface area contributed by atoms with E-state index in [4.69, 9.17) is 11.6 Å². The number of alkyl halides is 5. The van der Waals surface area contributed by atoms with Gasteiger partial charge in [-0.15, -0.1) is 0 Å². The lowest BCUT2D eigenvalue weighted by Crippen LogP contribution is -2.34. The maximum Gasteiger partial charge on any atom is 0.418 e. The summed E-state index contributed by atoms with van der Waals surface area (Å²) in [6, 6.07) is 7.79. The Bertz CT molecular complexity index is 1420. The average Bonchev–Trinajstić information content (AvgIpc) is 2.84. The van der Waals surface area contributed by atoms with Gasteiger partial charge in [-0.25, -0.2) is 23.7 Å². The third-order valence-corrected chi connectivity index (χ3v) is 6.50. The van der Waals surface area contributed by atoms with Crippen molar-refractivity contribution < 1.29 is 26.3 Å². The van der Waals surface area contributed by atoms with Crippen LogP contribution in [0.5, 0.6) is 0 Å². The Morgan fingerprint density at radius 3 is 2.63 bits per heavy atom. The summed E-state index contributed by atoms with van der Waals surface area (Å²) in [5.74, 6) is 4.51. The van der Waals surface area contributed by atoms with Crippen LogP contribution in [0.1, 0.15) is 46.0 Å².